The number of rotatable bonds is 7. The first-order chi connectivity index (χ1) is 7.31. The van der Waals surface area contributed by atoms with E-state index in [-0.39, 0.29) is 0 Å². The third-order valence-corrected chi connectivity index (χ3v) is 2.86. The summed E-state index contributed by atoms with van der Waals surface area (Å²) >= 11 is 0. The van der Waals surface area contributed by atoms with E-state index < -0.39 is 0 Å². The summed E-state index contributed by atoms with van der Waals surface area (Å²) in [5.74, 6) is 1.78. The lowest BCUT2D eigenvalue weighted by Crippen LogP contribution is -2.13. The van der Waals surface area contributed by atoms with Crippen LogP contribution in [0.25, 0.3) is 0 Å². The molecule has 1 heterocycles. The zero-order chi connectivity index (χ0) is 11.1. The van der Waals surface area contributed by atoms with Crippen molar-refractivity contribution in [2.75, 3.05) is 11.9 Å². The molecule has 0 atom stereocenters. The lowest BCUT2D eigenvalue weighted by Gasteiger charge is -2.15. The Morgan fingerprint density at radius 2 is 2.07 bits per heavy atom. The highest BCUT2D eigenvalue weighted by atomic mass is 15.2. The molecule has 1 aromatic heterocycles. The summed E-state index contributed by atoms with van der Waals surface area (Å²) in [5, 5.41) is 3.35. The Kier molecular flexibility index (Phi) is 5.22. The molecule has 0 unspecified atom stereocenters. The Balaban J connectivity index is 2.55. The summed E-state index contributed by atoms with van der Waals surface area (Å²) < 4.78 is 2.23. The fourth-order valence-electron chi connectivity index (χ4n) is 1.69. The van der Waals surface area contributed by atoms with Gasteiger partial charge in [0.05, 0.1) is 0 Å². The summed E-state index contributed by atoms with van der Waals surface area (Å²) in [6.45, 7) is 8.76. The van der Waals surface area contributed by atoms with Crippen LogP contribution in [0.2, 0.25) is 0 Å². The largest absolute Gasteiger partial charge is 0.356 e. The number of aromatic nitrogens is 2. The second-order valence-corrected chi connectivity index (χ2v) is 4.01. The Hall–Kier alpha value is -0.990. The van der Waals surface area contributed by atoms with E-state index in [1.807, 2.05) is 6.20 Å². The van der Waals surface area contributed by atoms with E-state index in [1.165, 1.54) is 12.8 Å². The molecule has 0 aliphatic heterocycles. The van der Waals surface area contributed by atoms with Gasteiger partial charge >= 0.3 is 0 Å². The van der Waals surface area contributed by atoms with E-state index in [4.69, 9.17) is 0 Å². The Morgan fingerprint density at radius 1 is 1.33 bits per heavy atom. The smallest absolute Gasteiger partial charge is 0.202 e. The molecule has 0 saturated carbocycles. The van der Waals surface area contributed by atoms with Crippen LogP contribution in [-0.4, -0.2) is 16.1 Å². The van der Waals surface area contributed by atoms with Gasteiger partial charge in [-0.3, -0.25) is 0 Å². The first-order valence-corrected chi connectivity index (χ1v) is 6.06. The number of hydrogen-bond acceptors (Lipinski definition) is 2. The third-order valence-electron chi connectivity index (χ3n) is 2.86. The lowest BCUT2D eigenvalue weighted by atomic mass is 10.0. The molecule has 1 aromatic rings. The van der Waals surface area contributed by atoms with Crippen molar-refractivity contribution in [1.82, 2.24) is 9.55 Å². The molecule has 0 aliphatic carbocycles. The molecule has 1 rings (SSSR count). The van der Waals surface area contributed by atoms with Crippen molar-refractivity contribution in [1.29, 1.82) is 0 Å². The predicted molar refractivity (Wildman–Crippen MR) is 65.1 cm³/mol. The molecular weight excluding hydrogens is 186 g/mol. The maximum absolute atomic E-state index is 4.33. The summed E-state index contributed by atoms with van der Waals surface area (Å²) in [5.41, 5.74) is 0. The second-order valence-electron chi connectivity index (χ2n) is 4.01. The first-order valence-electron chi connectivity index (χ1n) is 6.06. The SMILES string of the molecule is CCCNc1nccn1CC(CC)CC. The van der Waals surface area contributed by atoms with E-state index >= 15 is 0 Å². The van der Waals surface area contributed by atoms with Crippen molar-refractivity contribution < 1.29 is 0 Å². The highest BCUT2D eigenvalue weighted by Crippen LogP contribution is 2.14. The van der Waals surface area contributed by atoms with Crippen molar-refractivity contribution in [3.05, 3.63) is 12.4 Å². The van der Waals surface area contributed by atoms with Gasteiger partial charge in [0.25, 0.3) is 0 Å². The van der Waals surface area contributed by atoms with Crippen LogP contribution in [0.5, 0.6) is 0 Å². The van der Waals surface area contributed by atoms with Crippen molar-refractivity contribution in [3.63, 3.8) is 0 Å². The minimum absolute atomic E-state index is 0.765. The monoisotopic (exact) mass is 209 g/mol. The zero-order valence-electron chi connectivity index (χ0n) is 10.2. The number of hydrogen-bond donors (Lipinski definition) is 1. The van der Waals surface area contributed by atoms with Gasteiger partial charge in [-0.15, -0.1) is 0 Å². The maximum atomic E-state index is 4.33. The van der Waals surface area contributed by atoms with Crippen LogP contribution in [0.15, 0.2) is 12.4 Å². The van der Waals surface area contributed by atoms with Gasteiger partial charge in [0.1, 0.15) is 0 Å². The van der Waals surface area contributed by atoms with E-state index in [9.17, 15) is 0 Å². The minimum atomic E-state index is 0.765. The van der Waals surface area contributed by atoms with Crippen molar-refractivity contribution in [2.24, 2.45) is 5.92 Å². The van der Waals surface area contributed by atoms with Crippen LogP contribution < -0.4 is 5.32 Å². The van der Waals surface area contributed by atoms with Crippen LogP contribution in [0.3, 0.4) is 0 Å². The molecular formula is C12H23N3. The van der Waals surface area contributed by atoms with Crippen molar-refractivity contribution in [2.45, 2.75) is 46.6 Å². The average Bonchev–Trinajstić information content (AvgIpc) is 2.70. The molecule has 0 amide bonds. The minimum Gasteiger partial charge on any atom is -0.356 e. The fourth-order valence-corrected chi connectivity index (χ4v) is 1.69. The van der Waals surface area contributed by atoms with Gasteiger partial charge in [-0.05, 0) is 12.3 Å². The normalized spacial score (nSPS) is 10.9. The standard InChI is InChI=1S/C12H23N3/c1-4-7-13-12-14-8-9-15(12)10-11(5-2)6-3/h8-9,11H,4-7,10H2,1-3H3,(H,13,14). The molecule has 86 valence electrons. The van der Waals surface area contributed by atoms with E-state index in [0.717, 1.165) is 31.4 Å². The summed E-state index contributed by atoms with van der Waals surface area (Å²) in [6.07, 6.45) is 7.55. The Labute approximate surface area is 92.9 Å². The predicted octanol–water partition coefficient (Wildman–Crippen LogP) is 3.14. The van der Waals surface area contributed by atoms with E-state index in [2.05, 4.69) is 41.8 Å². The molecule has 0 spiro atoms. The van der Waals surface area contributed by atoms with Crippen LogP contribution in [0, 0.1) is 5.92 Å². The molecule has 3 nitrogen and oxygen atoms in total. The topological polar surface area (TPSA) is 29.9 Å². The van der Waals surface area contributed by atoms with E-state index in [1.54, 1.807) is 0 Å². The second kappa shape index (κ2) is 6.49. The number of nitrogens with one attached hydrogen (secondary N) is 1. The number of nitrogens with zero attached hydrogens (tertiary/aromatic N) is 2. The molecule has 0 radical (unpaired) electrons. The summed E-state index contributed by atoms with van der Waals surface area (Å²) in [6, 6.07) is 0. The van der Waals surface area contributed by atoms with Crippen LogP contribution >= 0.6 is 0 Å². The average molecular weight is 209 g/mol. The van der Waals surface area contributed by atoms with Crippen LogP contribution in [-0.2, 0) is 6.54 Å². The van der Waals surface area contributed by atoms with Crippen LogP contribution in [0.1, 0.15) is 40.0 Å². The van der Waals surface area contributed by atoms with Gasteiger partial charge in [-0.2, -0.15) is 0 Å². The first kappa shape index (κ1) is 12.1. The molecule has 1 N–H and O–H groups in total. The third kappa shape index (κ3) is 3.57. The van der Waals surface area contributed by atoms with Gasteiger partial charge in [-0.1, -0.05) is 33.6 Å². The molecule has 0 aliphatic rings. The molecule has 15 heavy (non-hydrogen) atoms. The van der Waals surface area contributed by atoms with Crippen LogP contribution in [0.4, 0.5) is 5.95 Å². The Morgan fingerprint density at radius 3 is 2.67 bits per heavy atom. The highest BCUT2D eigenvalue weighted by molar-refractivity contribution is 5.25. The fraction of sp³-hybridized carbons (Fsp3) is 0.750. The van der Waals surface area contributed by atoms with E-state index in [0.29, 0.717) is 0 Å². The number of anilines is 1. The van der Waals surface area contributed by atoms with Gasteiger partial charge in [-0.25, -0.2) is 4.98 Å². The summed E-state index contributed by atoms with van der Waals surface area (Å²) in [7, 11) is 0. The molecule has 0 bridgehead atoms. The van der Waals surface area contributed by atoms with Gasteiger partial charge in [0.2, 0.25) is 5.95 Å². The number of imidazole rings is 1. The molecule has 0 aromatic carbocycles. The van der Waals surface area contributed by atoms with Gasteiger partial charge < -0.3 is 9.88 Å². The maximum Gasteiger partial charge on any atom is 0.202 e. The van der Waals surface area contributed by atoms with Crippen molar-refractivity contribution >= 4 is 5.95 Å². The molecule has 3 heteroatoms. The lowest BCUT2D eigenvalue weighted by molar-refractivity contribution is 0.420. The van der Waals surface area contributed by atoms with Gasteiger partial charge in [0.15, 0.2) is 0 Å². The highest BCUT2D eigenvalue weighted by Gasteiger charge is 2.07. The van der Waals surface area contributed by atoms with Crippen molar-refractivity contribution in [3.8, 4) is 0 Å². The molecule has 0 saturated heterocycles. The summed E-state index contributed by atoms with van der Waals surface area (Å²) in [4.78, 5) is 4.33. The van der Waals surface area contributed by atoms with Gasteiger partial charge in [0, 0.05) is 25.5 Å². The quantitative estimate of drug-likeness (QED) is 0.747. The Bertz CT molecular complexity index is 264. The molecule has 0 fully saturated rings. The zero-order valence-corrected chi connectivity index (χ0v) is 10.2.